The summed E-state index contributed by atoms with van der Waals surface area (Å²) in [6, 6.07) is 8.29. The predicted octanol–water partition coefficient (Wildman–Crippen LogP) is 2.54. The maximum Gasteiger partial charge on any atom is 0.165 e. The second-order valence-corrected chi connectivity index (χ2v) is 4.31. The number of hydrogen-bond donors (Lipinski definition) is 0. The lowest BCUT2D eigenvalue weighted by Crippen LogP contribution is -2.21. The Morgan fingerprint density at radius 3 is 2.56 bits per heavy atom. The van der Waals surface area contributed by atoms with Crippen molar-refractivity contribution in [3.05, 3.63) is 35.4 Å². The summed E-state index contributed by atoms with van der Waals surface area (Å²) in [5.74, 6) is 0.224. The lowest BCUT2D eigenvalue weighted by atomic mass is 10.0. The average Bonchev–Trinajstić information content (AvgIpc) is 2.83. The number of ether oxygens (including phenoxy) is 1. The Kier molecular flexibility index (Phi) is 3.73. The van der Waals surface area contributed by atoms with Crippen LogP contribution in [0.25, 0.3) is 0 Å². The Balaban J connectivity index is 1.94. The molecular formula is C14H18O2. The summed E-state index contributed by atoms with van der Waals surface area (Å²) in [7, 11) is 0. The lowest BCUT2D eigenvalue weighted by Gasteiger charge is -2.08. The van der Waals surface area contributed by atoms with Crippen molar-refractivity contribution in [2.24, 2.45) is 0 Å². The first-order valence-electron chi connectivity index (χ1n) is 6.01. The van der Waals surface area contributed by atoms with Gasteiger partial charge >= 0.3 is 0 Å². The average molecular weight is 218 g/mol. The Morgan fingerprint density at radius 2 is 2.00 bits per heavy atom. The molecule has 0 aromatic heterocycles. The van der Waals surface area contributed by atoms with Crippen molar-refractivity contribution in [2.75, 3.05) is 6.61 Å². The molecule has 1 unspecified atom stereocenters. The molecule has 0 saturated carbocycles. The van der Waals surface area contributed by atoms with Gasteiger partial charge < -0.3 is 4.74 Å². The van der Waals surface area contributed by atoms with Crippen LogP contribution < -0.4 is 0 Å². The van der Waals surface area contributed by atoms with E-state index in [2.05, 4.69) is 19.1 Å². The van der Waals surface area contributed by atoms with Crippen LogP contribution in [0.15, 0.2) is 24.3 Å². The molecule has 0 spiro atoms. The standard InChI is InChI=1S/C14H18O2/c1-2-11-5-7-12(8-6-11)10-13(15)14-4-3-9-16-14/h5-8,14H,2-4,9-10H2,1H3. The number of carbonyl (C=O) groups is 1. The van der Waals surface area contributed by atoms with E-state index in [1.54, 1.807) is 0 Å². The summed E-state index contributed by atoms with van der Waals surface area (Å²) in [6.45, 7) is 2.87. The van der Waals surface area contributed by atoms with Crippen molar-refractivity contribution in [1.82, 2.24) is 0 Å². The number of benzene rings is 1. The van der Waals surface area contributed by atoms with Crippen LogP contribution in [0, 0.1) is 0 Å². The van der Waals surface area contributed by atoms with Gasteiger partial charge in [-0.05, 0) is 30.4 Å². The maximum absolute atomic E-state index is 11.8. The highest BCUT2D eigenvalue weighted by molar-refractivity contribution is 5.85. The van der Waals surface area contributed by atoms with Crippen LogP contribution in [-0.2, 0) is 22.4 Å². The summed E-state index contributed by atoms with van der Waals surface area (Å²) in [5, 5.41) is 0. The normalized spacial score (nSPS) is 19.9. The van der Waals surface area contributed by atoms with E-state index in [0.717, 1.165) is 31.4 Å². The van der Waals surface area contributed by atoms with Gasteiger partial charge in [0.05, 0.1) is 0 Å². The zero-order valence-corrected chi connectivity index (χ0v) is 9.74. The second-order valence-electron chi connectivity index (χ2n) is 4.31. The van der Waals surface area contributed by atoms with Gasteiger partial charge in [-0.3, -0.25) is 4.79 Å². The third-order valence-electron chi connectivity index (χ3n) is 3.10. The first-order chi connectivity index (χ1) is 7.79. The molecule has 1 saturated heterocycles. The number of Topliss-reactive ketones (excluding diaryl/α,β-unsaturated/α-hetero) is 1. The van der Waals surface area contributed by atoms with Crippen molar-refractivity contribution in [3.63, 3.8) is 0 Å². The predicted molar refractivity (Wildman–Crippen MR) is 63.5 cm³/mol. The van der Waals surface area contributed by atoms with Crippen LogP contribution >= 0.6 is 0 Å². The highest BCUT2D eigenvalue weighted by Gasteiger charge is 2.23. The second kappa shape index (κ2) is 5.26. The van der Waals surface area contributed by atoms with Crippen molar-refractivity contribution in [3.8, 4) is 0 Å². The minimum atomic E-state index is -0.147. The SMILES string of the molecule is CCc1ccc(CC(=O)C2CCCO2)cc1. The Morgan fingerprint density at radius 1 is 1.31 bits per heavy atom. The zero-order chi connectivity index (χ0) is 11.4. The lowest BCUT2D eigenvalue weighted by molar-refractivity contribution is -0.127. The molecule has 0 aliphatic carbocycles. The number of rotatable bonds is 4. The zero-order valence-electron chi connectivity index (χ0n) is 9.74. The topological polar surface area (TPSA) is 26.3 Å². The van der Waals surface area contributed by atoms with Crippen molar-refractivity contribution >= 4 is 5.78 Å². The van der Waals surface area contributed by atoms with Crippen LogP contribution in [-0.4, -0.2) is 18.5 Å². The summed E-state index contributed by atoms with van der Waals surface area (Å²) in [6.07, 6.45) is 3.32. The van der Waals surface area contributed by atoms with E-state index in [-0.39, 0.29) is 11.9 Å². The van der Waals surface area contributed by atoms with E-state index in [1.807, 2.05) is 12.1 Å². The van der Waals surface area contributed by atoms with Crippen molar-refractivity contribution < 1.29 is 9.53 Å². The smallest absolute Gasteiger partial charge is 0.165 e. The largest absolute Gasteiger partial charge is 0.370 e. The van der Waals surface area contributed by atoms with Crippen LogP contribution in [0.1, 0.15) is 30.9 Å². The third kappa shape index (κ3) is 2.70. The van der Waals surface area contributed by atoms with Crippen LogP contribution in [0.5, 0.6) is 0 Å². The van der Waals surface area contributed by atoms with Gasteiger partial charge in [-0.2, -0.15) is 0 Å². The summed E-state index contributed by atoms with van der Waals surface area (Å²) in [5.41, 5.74) is 2.41. The van der Waals surface area contributed by atoms with Gasteiger partial charge in [0.2, 0.25) is 0 Å². The fourth-order valence-corrected chi connectivity index (χ4v) is 2.04. The molecule has 16 heavy (non-hydrogen) atoms. The first-order valence-corrected chi connectivity index (χ1v) is 6.01. The summed E-state index contributed by atoms with van der Waals surface area (Å²) in [4.78, 5) is 11.8. The van der Waals surface area contributed by atoms with Gasteiger partial charge in [0, 0.05) is 13.0 Å². The fraction of sp³-hybridized carbons (Fsp3) is 0.500. The van der Waals surface area contributed by atoms with Crippen molar-refractivity contribution in [2.45, 2.75) is 38.7 Å². The number of aryl methyl sites for hydroxylation is 1. The molecule has 0 bridgehead atoms. The molecule has 2 heteroatoms. The van der Waals surface area contributed by atoms with Crippen molar-refractivity contribution in [1.29, 1.82) is 0 Å². The molecule has 0 radical (unpaired) electrons. The van der Waals surface area contributed by atoms with E-state index in [1.165, 1.54) is 5.56 Å². The molecule has 0 N–H and O–H groups in total. The molecule has 2 nitrogen and oxygen atoms in total. The highest BCUT2D eigenvalue weighted by atomic mass is 16.5. The molecule has 1 aliphatic rings. The van der Waals surface area contributed by atoms with Crippen LogP contribution in [0.4, 0.5) is 0 Å². The van der Waals surface area contributed by atoms with E-state index in [0.29, 0.717) is 6.42 Å². The Hall–Kier alpha value is -1.15. The van der Waals surface area contributed by atoms with Gasteiger partial charge in [0.25, 0.3) is 0 Å². The van der Waals surface area contributed by atoms with Crippen LogP contribution in [0.2, 0.25) is 0 Å². The molecule has 1 aromatic rings. The molecule has 2 rings (SSSR count). The molecule has 1 heterocycles. The van der Waals surface area contributed by atoms with Gasteiger partial charge in [-0.1, -0.05) is 31.2 Å². The van der Waals surface area contributed by atoms with Gasteiger partial charge in [-0.25, -0.2) is 0 Å². The number of carbonyl (C=O) groups excluding carboxylic acids is 1. The quantitative estimate of drug-likeness (QED) is 0.776. The summed E-state index contributed by atoms with van der Waals surface area (Å²) >= 11 is 0. The highest BCUT2D eigenvalue weighted by Crippen LogP contribution is 2.15. The summed E-state index contributed by atoms with van der Waals surface area (Å²) < 4.78 is 5.38. The molecular weight excluding hydrogens is 200 g/mol. The number of hydrogen-bond acceptors (Lipinski definition) is 2. The van der Waals surface area contributed by atoms with E-state index >= 15 is 0 Å². The fourth-order valence-electron chi connectivity index (χ4n) is 2.04. The maximum atomic E-state index is 11.8. The Labute approximate surface area is 96.6 Å². The molecule has 0 amide bonds. The molecule has 1 aromatic carbocycles. The van der Waals surface area contributed by atoms with Gasteiger partial charge in [0.15, 0.2) is 5.78 Å². The Bertz CT molecular complexity index is 348. The van der Waals surface area contributed by atoms with E-state index < -0.39 is 0 Å². The van der Waals surface area contributed by atoms with E-state index in [4.69, 9.17) is 4.74 Å². The number of ketones is 1. The van der Waals surface area contributed by atoms with Crippen LogP contribution in [0.3, 0.4) is 0 Å². The van der Waals surface area contributed by atoms with E-state index in [9.17, 15) is 4.79 Å². The minimum absolute atomic E-state index is 0.147. The molecule has 86 valence electrons. The molecule has 1 fully saturated rings. The third-order valence-corrected chi connectivity index (χ3v) is 3.10. The molecule has 1 atom stereocenters. The molecule has 1 aliphatic heterocycles. The monoisotopic (exact) mass is 218 g/mol. The minimum Gasteiger partial charge on any atom is -0.370 e. The first kappa shape index (κ1) is 11.3. The van der Waals surface area contributed by atoms with Gasteiger partial charge in [0.1, 0.15) is 6.10 Å². The van der Waals surface area contributed by atoms with Gasteiger partial charge in [-0.15, -0.1) is 0 Å².